The van der Waals surface area contributed by atoms with Crippen LogP contribution in [-0.2, 0) is 11.3 Å². The first kappa shape index (κ1) is 15.5. The smallest absolute Gasteiger partial charge is 0.262 e. The third kappa shape index (κ3) is 3.50. The van der Waals surface area contributed by atoms with Crippen LogP contribution >= 0.6 is 0 Å². The maximum Gasteiger partial charge on any atom is 0.262 e. The highest BCUT2D eigenvalue weighted by atomic mass is 16.5. The molecule has 2 N–H and O–H groups in total. The van der Waals surface area contributed by atoms with Gasteiger partial charge in [-0.25, -0.2) is 0 Å². The van der Waals surface area contributed by atoms with Gasteiger partial charge < -0.3 is 19.8 Å². The van der Waals surface area contributed by atoms with Crippen molar-refractivity contribution in [3.8, 4) is 5.75 Å². The lowest BCUT2D eigenvalue weighted by Crippen LogP contribution is -2.26. The zero-order chi connectivity index (χ0) is 16.4. The summed E-state index contributed by atoms with van der Waals surface area (Å²) in [6, 6.07) is 5.82. The first-order valence-corrected chi connectivity index (χ1v) is 7.65. The Morgan fingerprint density at radius 3 is 2.87 bits per heavy atom. The summed E-state index contributed by atoms with van der Waals surface area (Å²) in [6.07, 6.45) is 0. The van der Waals surface area contributed by atoms with Gasteiger partial charge >= 0.3 is 0 Å². The minimum atomic E-state index is -0.137. The number of carbonyl (C=O) groups excluding carboxylic acids is 1. The number of ether oxygens (including phenoxy) is 1. The molecule has 1 atom stereocenters. The van der Waals surface area contributed by atoms with Crippen LogP contribution in [0.4, 0.5) is 5.69 Å². The van der Waals surface area contributed by atoms with Gasteiger partial charge in [-0.05, 0) is 24.6 Å². The topological polar surface area (TPSA) is 89.3 Å². The van der Waals surface area contributed by atoms with E-state index in [9.17, 15) is 4.79 Å². The minimum Gasteiger partial charge on any atom is -0.482 e. The van der Waals surface area contributed by atoms with Crippen LogP contribution in [0, 0.1) is 0 Å². The quantitative estimate of drug-likeness (QED) is 0.880. The van der Waals surface area contributed by atoms with Gasteiger partial charge in [0.05, 0.1) is 12.2 Å². The molecule has 0 saturated carbocycles. The average Bonchev–Trinajstić information content (AvgIpc) is 3.01. The number of benzene rings is 1. The Morgan fingerprint density at radius 2 is 2.13 bits per heavy atom. The van der Waals surface area contributed by atoms with E-state index in [4.69, 9.17) is 9.15 Å². The maximum absolute atomic E-state index is 11.4. The molecule has 1 aromatic carbocycles. The molecule has 23 heavy (non-hydrogen) atoms. The molecule has 2 aromatic rings. The van der Waals surface area contributed by atoms with Gasteiger partial charge in [-0.1, -0.05) is 19.9 Å². The standard InChI is InChI=1S/C16H20N4O3/c1-9(2)16-20-19-15(23-16)7-17-10(3)11-4-5-13-12(6-11)18-14(21)8-22-13/h4-6,9-10,17H,7-8H2,1-3H3,(H,18,21). The number of nitrogens with zero attached hydrogens (tertiary/aromatic N) is 2. The number of rotatable bonds is 5. The van der Waals surface area contributed by atoms with Crippen molar-refractivity contribution in [3.05, 3.63) is 35.5 Å². The molecule has 0 saturated heterocycles. The molecule has 1 aliphatic rings. The molecule has 0 spiro atoms. The van der Waals surface area contributed by atoms with Crippen molar-refractivity contribution in [3.63, 3.8) is 0 Å². The zero-order valence-electron chi connectivity index (χ0n) is 13.4. The van der Waals surface area contributed by atoms with Gasteiger partial charge in [0.15, 0.2) is 6.61 Å². The van der Waals surface area contributed by atoms with Crippen molar-refractivity contribution in [2.24, 2.45) is 0 Å². The Bertz CT molecular complexity index is 711. The summed E-state index contributed by atoms with van der Waals surface area (Å²) in [5, 5.41) is 14.2. The second kappa shape index (κ2) is 6.37. The lowest BCUT2D eigenvalue weighted by Gasteiger charge is -2.20. The minimum absolute atomic E-state index is 0.0635. The monoisotopic (exact) mass is 316 g/mol. The Kier molecular flexibility index (Phi) is 4.29. The van der Waals surface area contributed by atoms with Gasteiger partial charge in [-0.15, -0.1) is 10.2 Å². The van der Waals surface area contributed by atoms with E-state index in [1.54, 1.807) is 0 Å². The molecule has 0 bridgehead atoms. The Hall–Kier alpha value is -2.41. The molecule has 1 aromatic heterocycles. The Labute approximate surface area is 134 Å². The van der Waals surface area contributed by atoms with Crippen LogP contribution in [0.2, 0.25) is 0 Å². The van der Waals surface area contributed by atoms with Gasteiger partial charge in [0, 0.05) is 12.0 Å². The van der Waals surface area contributed by atoms with E-state index in [0.29, 0.717) is 29.8 Å². The molecule has 3 rings (SSSR count). The molecule has 7 heteroatoms. The third-order valence-corrected chi connectivity index (χ3v) is 3.67. The van der Waals surface area contributed by atoms with Crippen LogP contribution in [0.5, 0.6) is 5.75 Å². The number of carbonyl (C=O) groups is 1. The number of hydrogen-bond donors (Lipinski definition) is 2. The van der Waals surface area contributed by atoms with Crippen molar-refractivity contribution >= 4 is 11.6 Å². The number of aromatic nitrogens is 2. The van der Waals surface area contributed by atoms with Crippen molar-refractivity contribution < 1.29 is 13.9 Å². The van der Waals surface area contributed by atoms with E-state index in [1.165, 1.54) is 0 Å². The zero-order valence-corrected chi connectivity index (χ0v) is 13.4. The molecule has 1 unspecified atom stereocenters. The van der Waals surface area contributed by atoms with Crippen LogP contribution in [0.1, 0.15) is 50.1 Å². The second-order valence-corrected chi connectivity index (χ2v) is 5.88. The second-order valence-electron chi connectivity index (χ2n) is 5.88. The van der Waals surface area contributed by atoms with Gasteiger partial charge in [-0.3, -0.25) is 4.79 Å². The van der Waals surface area contributed by atoms with Crippen LogP contribution in [-0.4, -0.2) is 22.7 Å². The molecule has 1 aliphatic heterocycles. The van der Waals surface area contributed by atoms with E-state index in [1.807, 2.05) is 39.0 Å². The number of amides is 1. The summed E-state index contributed by atoms with van der Waals surface area (Å²) in [4.78, 5) is 11.4. The summed E-state index contributed by atoms with van der Waals surface area (Å²) in [5.41, 5.74) is 1.74. The van der Waals surface area contributed by atoms with E-state index in [2.05, 4.69) is 20.8 Å². The van der Waals surface area contributed by atoms with E-state index >= 15 is 0 Å². The number of nitrogens with one attached hydrogen (secondary N) is 2. The number of anilines is 1. The highest BCUT2D eigenvalue weighted by molar-refractivity contribution is 5.95. The predicted molar refractivity (Wildman–Crippen MR) is 84.2 cm³/mol. The first-order chi connectivity index (χ1) is 11.0. The molecule has 1 amide bonds. The molecule has 7 nitrogen and oxygen atoms in total. The Morgan fingerprint density at radius 1 is 1.30 bits per heavy atom. The third-order valence-electron chi connectivity index (χ3n) is 3.67. The molecule has 0 aliphatic carbocycles. The fraction of sp³-hybridized carbons (Fsp3) is 0.438. The maximum atomic E-state index is 11.4. The summed E-state index contributed by atoms with van der Waals surface area (Å²) in [5.74, 6) is 1.98. The molecule has 0 fully saturated rings. The molecule has 2 heterocycles. The van der Waals surface area contributed by atoms with Gasteiger partial charge in [0.1, 0.15) is 5.75 Å². The first-order valence-electron chi connectivity index (χ1n) is 7.65. The molecular formula is C16H20N4O3. The van der Waals surface area contributed by atoms with Crippen molar-refractivity contribution in [1.82, 2.24) is 15.5 Å². The van der Waals surface area contributed by atoms with Crippen LogP contribution < -0.4 is 15.4 Å². The number of fused-ring (bicyclic) bond motifs is 1. The fourth-order valence-corrected chi connectivity index (χ4v) is 2.30. The summed E-state index contributed by atoms with van der Waals surface area (Å²) in [7, 11) is 0. The summed E-state index contributed by atoms with van der Waals surface area (Å²) in [6.45, 7) is 6.61. The van der Waals surface area contributed by atoms with E-state index in [0.717, 1.165) is 5.56 Å². The van der Waals surface area contributed by atoms with Crippen molar-refractivity contribution in [2.45, 2.75) is 39.3 Å². The van der Waals surface area contributed by atoms with Crippen LogP contribution in [0.25, 0.3) is 0 Å². The van der Waals surface area contributed by atoms with Gasteiger partial charge in [-0.2, -0.15) is 0 Å². The highest BCUT2D eigenvalue weighted by Gasteiger charge is 2.18. The highest BCUT2D eigenvalue weighted by Crippen LogP contribution is 2.30. The number of hydrogen-bond acceptors (Lipinski definition) is 6. The fourth-order valence-electron chi connectivity index (χ4n) is 2.30. The summed E-state index contributed by atoms with van der Waals surface area (Å²) < 4.78 is 10.9. The largest absolute Gasteiger partial charge is 0.482 e. The lowest BCUT2D eigenvalue weighted by molar-refractivity contribution is -0.118. The molecular weight excluding hydrogens is 296 g/mol. The van der Waals surface area contributed by atoms with E-state index < -0.39 is 0 Å². The summed E-state index contributed by atoms with van der Waals surface area (Å²) >= 11 is 0. The molecule has 0 radical (unpaired) electrons. The van der Waals surface area contributed by atoms with Crippen molar-refractivity contribution in [2.75, 3.05) is 11.9 Å². The van der Waals surface area contributed by atoms with Crippen LogP contribution in [0.15, 0.2) is 22.6 Å². The van der Waals surface area contributed by atoms with Gasteiger partial charge in [0.25, 0.3) is 5.91 Å². The van der Waals surface area contributed by atoms with Crippen molar-refractivity contribution in [1.29, 1.82) is 0 Å². The lowest BCUT2D eigenvalue weighted by atomic mass is 10.1. The average molecular weight is 316 g/mol. The van der Waals surface area contributed by atoms with Gasteiger partial charge in [0.2, 0.25) is 11.8 Å². The van der Waals surface area contributed by atoms with E-state index in [-0.39, 0.29) is 24.5 Å². The SMILES string of the molecule is CC(C)c1nnc(CNC(C)c2ccc3c(c2)NC(=O)CO3)o1. The Balaban J connectivity index is 1.64. The molecule has 122 valence electrons. The normalized spacial score (nSPS) is 15.0. The van der Waals surface area contributed by atoms with Crippen LogP contribution in [0.3, 0.4) is 0 Å². The predicted octanol–water partition coefficient (Wildman–Crippen LogP) is 2.37.